The highest BCUT2D eigenvalue weighted by Gasteiger charge is 2.34. The number of hydrogen-bond donors (Lipinski definition) is 2. The number of aliphatic imine (C=N–C) groups is 1. The van der Waals surface area contributed by atoms with Crippen LogP contribution in [0.3, 0.4) is 0 Å². The molecule has 0 fully saturated rings. The van der Waals surface area contributed by atoms with E-state index in [2.05, 4.69) is 25.8 Å². The number of hydrogen-bond acceptors (Lipinski definition) is 4. The molecule has 0 unspecified atom stereocenters. The van der Waals surface area contributed by atoms with E-state index in [1.54, 1.807) is 39.5 Å². The van der Waals surface area contributed by atoms with Gasteiger partial charge in [-0.05, 0) is 58.2 Å². The van der Waals surface area contributed by atoms with Gasteiger partial charge in [0.25, 0.3) is 0 Å². The summed E-state index contributed by atoms with van der Waals surface area (Å²) in [4.78, 5) is 4.34. The van der Waals surface area contributed by atoms with Crippen LogP contribution in [0.25, 0.3) is 0 Å². The van der Waals surface area contributed by atoms with Crippen molar-refractivity contribution in [2.45, 2.75) is 65.4 Å². The number of ether oxygens (including phenoxy) is 1. The second-order valence-electron chi connectivity index (χ2n) is 8.06. The molecule has 0 saturated heterocycles. The lowest BCUT2D eigenvalue weighted by molar-refractivity contribution is -0.138. The van der Waals surface area contributed by atoms with Crippen molar-refractivity contribution < 1.29 is 17.9 Å². The Morgan fingerprint density at radius 2 is 1.78 bits per heavy atom. The molecule has 11 heteroatoms. The highest BCUT2D eigenvalue weighted by atomic mass is 127. The molecule has 7 nitrogen and oxygen atoms in total. The van der Waals surface area contributed by atoms with E-state index in [0.29, 0.717) is 19.0 Å². The van der Waals surface area contributed by atoms with Gasteiger partial charge in [0, 0.05) is 19.6 Å². The zero-order valence-corrected chi connectivity index (χ0v) is 21.2. The van der Waals surface area contributed by atoms with Crippen LogP contribution in [0.15, 0.2) is 35.8 Å². The van der Waals surface area contributed by atoms with E-state index in [4.69, 9.17) is 4.74 Å². The third kappa shape index (κ3) is 10.0. The average Bonchev–Trinajstić information content (AvgIpc) is 3.18. The zero-order valence-electron chi connectivity index (χ0n) is 18.9. The minimum Gasteiger partial charge on any atom is -0.488 e. The molecule has 0 spiro atoms. The fraction of sp³-hybridized carbons (Fsp3) is 0.571. The molecule has 0 aliphatic carbocycles. The van der Waals surface area contributed by atoms with Crippen molar-refractivity contribution in [3.05, 3.63) is 42.0 Å². The van der Waals surface area contributed by atoms with Crippen LogP contribution in [-0.2, 0) is 19.3 Å². The Kier molecular flexibility index (Phi) is 11.2. The molecule has 0 bridgehead atoms. The molecule has 0 aliphatic heterocycles. The Balaban J connectivity index is 0.00000512. The fourth-order valence-corrected chi connectivity index (χ4v) is 2.84. The average molecular weight is 568 g/mol. The number of unbranched alkanes of at least 4 members (excludes halogenated alkanes) is 1. The Labute approximate surface area is 204 Å². The lowest BCUT2D eigenvalue weighted by Crippen LogP contribution is -2.37. The molecule has 2 N–H and O–H groups in total. The Hall–Kier alpha value is -2.05. The summed E-state index contributed by atoms with van der Waals surface area (Å²) in [6.07, 6.45) is 0.618. The van der Waals surface area contributed by atoms with Crippen molar-refractivity contribution in [1.29, 1.82) is 0 Å². The number of rotatable bonds is 9. The van der Waals surface area contributed by atoms with Gasteiger partial charge in [-0.15, -0.1) is 34.2 Å². The highest BCUT2D eigenvalue weighted by molar-refractivity contribution is 14.0. The van der Waals surface area contributed by atoms with Crippen LogP contribution in [0.2, 0.25) is 0 Å². The first kappa shape index (κ1) is 28.0. The smallest absolute Gasteiger partial charge is 0.416 e. The molecule has 2 aromatic rings. The normalized spacial score (nSPS) is 12.3. The van der Waals surface area contributed by atoms with Gasteiger partial charge >= 0.3 is 6.18 Å². The molecule has 32 heavy (non-hydrogen) atoms. The molecule has 0 aliphatic rings. The van der Waals surface area contributed by atoms with Crippen molar-refractivity contribution >= 4 is 29.9 Å². The first-order valence-electron chi connectivity index (χ1n) is 10.3. The summed E-state index contributed by atoms with van der Waals surface area (Å²) in [7, 11) is 0. The number of halogens is 4. The van der Waals surface area contributed by atoms with Crippen molar-refractivity contribution in [2.75, 3.05) is 13.1 Å². The van der Waals surface area contributed by atoms with E-state index < -0.39 is 17.3 Å². The van der Waals surface area contributed by atoms with Gasteiger partial charge in [0.15, 0.2) is 5.96 Å². The summed E-state index contributed by atoms with van der Waals surface area (Å²) in [6, 6.07) is 4.02. The second-order valence-corrected chi connectivity index (χ2v) is 8.06. The van der Waals surface area contributed by atoms with Gasteiger partial charge in [-0.3, -0.25) is 0 Å². The van der Waals surface area contributed by atoms with Crippen molar-refractivity contribution in [1.82, 2.24) is 25.4 Å². The number of nitrogens with zero attached hydrogens (tertiary/aromatic N) is 4. The molecular weight excluding hydrogens is 536 g/mol. The standard InChI is InChI=1S/C21H31F3N6O.HI/c1-5-25-19(26-10-6-7-11-30-14-28-29-15-30)27-13-16-8-9-17(31-20(2,3)4)12-18(16)21(22,23)24;/h8-9,12,14-15H,5-7,10-11,13H2,1-4H3,(H2,25,26,27);1H. The molecule has 1 heterocycles. The number of nitrogens with one attached hydrogen (secondary N) is 2. The molecule has 0 atom stereocenters. The Bertz CT molecular complexity index is 835. The number of alkyl halides is 3. The van der Waals surface area contributed by atoms with E-state index in [1.807, 2.05) is 11.5 Å². The maximum atomic E-state index is 13.6. The van der Waals surface area contributed by atoms with Gasteiger partial charge in [-0.25, -0.2) is 4.99 Å². The Morgan fingerprint density at radius 1 is 1.09 bits per heavy atom. The third-order valence-electron chi connectivity index (χ3n) is 4.16. The van der Waals surface area contributed by atoms with E-state index >= 15 is 0 Å². The van der Waals surface area contributed by atoms with Crippen LogP contribution in [0.5, 0.6) is 5.75 Å². The maximum absolute atomic E-state index is 13.6. The van der Waals surface area contributed by atoms with E-state index in [9.17, 15) is 13.2 Å². The van der Waals surface area contributed by atoms with Gasteiger partial charge in [-0.1, -0.05) is 6.07 Å². The summed E-state index contributed by atoms with van der Waals surface area (Å²) in [5, 5.41) is 13.7. The number of aryl methyl sites for hydroxylation is 1. The minimum absolute atomic E-state index is 0. The molecular formula is C21H32F3IN6O. The molecule has 1 aromatic heterocycles. The SMILES string of the molecule is CCNC(=NCc1ccc(OC(C)(C)C)cc1C(F)(F)F)NCCCCn1cnnc1.I. The summed E-state index contributed by atoms with van der Waals surface area (Å²) >= 11 is 0. The Morgan fingerprint density at radius 3 is 2.38 bits per heavy atom. The zero-order chi connectivity index (χ0) is 22.9. The quantitative estimate of drug-likeness (QED) is 0.200. The van der Waals surface area contributed by atoms with Crippen molar-refractivity contribution in [2.24, 2.45) is 4.99 Å². The lowest BCUT2D eigenvalue weighted by Gasteiger charge is -2.22. The van der Waals surface area contributed by atoms with E-state index in [1.165, 1.54) is 6.07 Å². The van der Waals surface area contributed by atoms with Crippen LogP contribution in [0.4, 0.5) is 13.2 Å². The molecule has 1 aromatic carbocycles. The maximum Gasteiger partial charge on any atom is 0.416 e. The number of aromatic nitrogens is 3. The van der Waals surface area contributed by atoms with Gasteiger partial charge in [0.05, 0.1) is 12.1 Å². The van der Waals surface area contributed by atoms with Crippen molar-refractivity contribution in [3.8, 4) is 5.75 Å². The van der Waals surface area contributed by atoms with E-state index in [-0.39, 0.29) is 41.8 Å². The lowest BCUT2D eigenvalue weighted by atomic mass is 10.1. The van der Waals surface area contributed by atoms with Gasteiger partial charge in [0.1, 0.15) is 24.0 Å². The third-order valence-corrected chi connectivity index (χ3v) is 4.16. The fourth-order valence-electron chi connectivity index (χ4n) is 2.84. The molecule has 0 saturated carbocycles. The summed E-state index contributed by atoms with van der Waals surface area (Å²) in [6.45, 7) is 9.25. The first-order valence-corrected chi connectivity index (χ1v) is 10.3. The van der Waals surface area contributed by atoms with Gasteiger partial charge in [0.2, 0.25) is 0 Å². The largest absolute Gasteiger partial charge is 0.488 e. The summed E-state index contributed by atoms with van der Waals surface area (Å²) in [5.74, 6) is 0.667. The number of guanidine groups is 1. The van der Waals surface area contributed by atoms with Crippen LogP contribution in [-0.4, -0.2) is 39.4 Å². The van der Waals surface area contributed by atoms with Crippen LogP contribution in [0, 0.1) is 0 Å². The monoisotopic (exact) mass is 568 g/mol. The van der Waals surface area contributed by atoms with Crippen LogP contribution in [0.1, 0.15) is 51.7 Å². The first-order chi connectivity index (χ1) is 14.6. The van der Waals surface area contributed by atoms with Crippen molar-refractivity contribution in [3.63, 3.8) is 0 Å². The number of benzene rings is 1. The molecule has 180 valence electrons. The summed E-state index contributed by atoms with van der Waals surface area (Å²) < 4.78 is 48.3. The predicted molar refractivity (Wildman–Crippen MR) is 129 cm³/mol. The van der Waals surface area contributed by atoms with Crippen LogP contribution < -0.4 is 15.4 Å². The second kappa shape index (κ2) is 12.9. The topological polar surface area (TPSA) is 76.4 Å². The predicted octanol–water partition coefficient (Wildman–Crippen LogP) is 4.63. The summed E-state index contributed by atoms with van der Waals surface area (Å²) in [5.41, 5.74) is -1.22. The molecule has 0 amide bonds. The van der Waals surface area contributed by atoms with Crippen LogP contribution >= 0.6 is 24.0 Å². The van der Waals surface area contributed by atoms with E-state index in [0.717, 1.165) is 25.5 Å². The molecule has 2 rings (SSSR count). The highest BCUT2D eigenvalue weighted by Crippen LogP contribution is 2.35. The van der Waals surface area contributed by atoms with Gasteiger partial charge < -0.3 is 19.9 Å². The minimum atomic E-state index is -4.49. The molecule has 0 radical (unpaired) electrons. The van der Waals surface area contributed by atoms with Gasteiger partial charge in [-0.2, -0.15) is 13.2 Å².